The highest BCUT2D eigenvalue weighted by molar-refractivity contribution is 7.89. The molecule has 1 aromatic carbocycles. The van der Waals surface area contributed by atoms with Crippen molar-refractivity contribution in [1.29, 1.82) is 0 Å². The van der Waals surface area contributed by atoms with Crippen molar-refractivity contribution >= 4 is 10.0 Å². The molecule has 21 heavy (non-hydrogen) atoms. The highest BCUT2D eigenvalue weighted by Gasteiger charge is 2.28. The summed E-state index contributed by atoms with van der Waals surface area (Å²) in [7, 11) is -3.41. The van der Waals surface area contributed by atoms with Crippen LogP contribution in [0.1, 0.15) is 38.2 Å². The van der Waals surface area contributed by atoms with Crippen LogP contribution in [0.15, 0.2) is 29.2 Å². The van der Waals surface area contributed by atoms with Crippen LogP contribution in [-0.2, 0) is 10.0 Å². The van der Waals surface area contributed by atoms with Gasteiger partial charge in [0.05, 0.1) is 11.0 Å². The van der Waals surface area contributed by atoms with Gasteiger partial charge in [0, 0.05) is 13.1 Å². The second-order valence-electron chi connectivity index (χ2n) is 5.94. The Balaban J connectivity index is 2.10. The van der Waals surface area contributed by atoms with Gasteiger partial charge in [0.25, 0.3) is 0 Å². The molecule has 0 unspecified atom stereocenters. The lowest BCUT2D eigenvalue weighted by molar-refractivity contribution is 0.103. The number of nitrogens with zero attached hydrogens (tertiary/aromatic N) is 1. The van der Waals surface area contributed by atoms with Gasteiger partial charge in [-0.3, -0.25) is 0 Å². The Labute approximate surface area is 127 Å². The van der Waals surface area contributed by atoms with Crippen molar-refractivity contribution in [3.8, 4) is 0 Å². The van der Waals surface area contributed by atoms with Crippen molar-refractivity contribution in [2.45, 2.75) is 50.5 Å². The maximum Gasteiger partial charge on any atom is 0.243 e. The Bertz CT molecular complexity index is 545. The molecular weight excluding hydrogens is 286 g/mol. The molecule has 1 N–H and O–H groups in total. The van der Waals surface area contributed by atoms with E-state index in [0.717, 1.165) is 31.2 Å². The molecular formula is C16H25NO3S. The molecule has 0 aromatic heterocycles. The van der Waals surface area contributed by atoms with Crippen LogP contribution >= 0.6 is 0 Å². The Morgan fingerprint density at radius 1 is 1.14 bits per heavy atom. The third-order valence-corrected chi connectivity index (χ3v) is 6.24. The molecule has 0 heterocycles. The monoisotopic (exact) mass is 311 g/mol. The molecule has 0 bridgehead atoms. The quantitative estimate of drug-likeness (QED) is 0.909. The highest BCUT2D eigenvalue weighted by Crippen LogP contribution is 2.27. The number of aryl methyl sites for hydroxylation is 1. The molecule has 118 valence electrons. The number of hydrogen-bond donors (Lipinski definition) is 1. The fourth-order valence-electron chi connectivity index (χ4n) is 2.87. The lowest BCUT2D eigenvalue weighted by Crippen LogP contribution is -2.36. The van der Waals surface area contributed by atoms with Crippen LogP contribution in [0, 0.1) is 12.8 Å². The second-order valence-corrected chi connectivity index (χ2v) is 7.88. The van der Waals surface area contributed by atoms with Gasteiger partial charge in [-0.25, -0.2) is 8.42 Å². The van der Waals surface area contributed by atoms with E-state index in [2.05, 4.69) is 0 Å². The number of benzene rings is 1. The van der Waals surface area contributed by atoms with E-state index in [1.807, 2.05) is 26.0 Å². The van der Waals surface area contributed by atoms with Crippen LogP contribution < -0.4 is 0 Å². The van der Waals surface area contributed by atoms with E-state index in [-0.39, 0.29) is 6.10 Å². The molecule has 0 atom stereocenters. The predicted molar refractivity (Wildman–Crippen MR) is 83.6 cm³/mol. The topological polar surface area (TPSA) is 57.6 Å². The second kappa shape index (κ2) is 6.90. The zero-order chi connectivity index (χ0) is 15.5. The molecule has 5 heteroatoms. The minimum atomic E-state index is -3.41. The first-order chi connectivity index (χ1) is 9.93. The van der Waals surface area contributed by atoms with Crippen LogP contribution in [0.2, 0.25) is 0 Å². The molecule has 0 spiro atoms. The zero-order valence-corrected chi connectivity index (χ0v) is 13.6. The standard InChI is InChI=1S/C16H25NO3S/c1-3-17(12-14-6-8-15(18)9-7-14)21(19,20)16-10-4-13(2)5-11-16/h4-5,10-11,14-15,18H,3,6-9,12H2,1-2H3. The van der Waals surface area contributed by atoms with Crippen molar-refractivity contribution in [2.24, 2.45) is 5.92 Å². The Morgan fingerprint density at radius 2 is 1.71 bits per heavy atom. The van der Waals surface area contributed by atoms with Gasteiger partial charge in [0.2, 0.25) is 10.0 Å². The molecule has 1 fully saturated rings. The van der Waals surface area contributed by atoms with E-state index < -0.39 is 10.0 Å². The number of hydrogen-bond acceptors (Lipinski definition) is 3. The summed E-state index contributed by atoms with van der Waals surface area (Å²) >= 11 is 0. The van der Waals surface area contributed by atoms with Crippen LogP contribution in [0.4, 0.5) is 0 Å². The van der Waals surface area contributed by atoms with Crippen molar-refractivity contribution < 1.29 is 13.5 Å². The first-order valence-corrected chi connectivity index (χ1v) is 9.12. The molecule has 1 aliphatic rings. The fourth-order valence-corrected chi connectivity index (χ4v) is 4.40. The third-order valence-electron chi connectivity index (χ3n) is 4.29. The van der Waals surface area contributed by atoms with Crippen LogP contribution in [0.25, 0.3) is 0 Å². The molecule has 1 aliphatic carbocycles. The van der Waals surface area contributed by atoms with E-state index >= 15 is 0 Å². The summed E-state index contributed by atoms with van der Waals surface area (Å²) in [5.74, 6) is 0.355. The lowest BCUT2D eigenvalue weighted by Gasteiger charge is -2.30. The lowest BCUT2D eigenvalue weighted by atomic mass is 9.87. The van der Waals surface area contributed by atoms with E-state index in [4.69, 9.17) is 0 Å². The summed E-state index contributed by atoms with van der Waals surface area (Å²) in [4.78, 5) is 0.366. The average Bonchev–Trinajstić information content (AvgIpc) is 2.47. The number of sulfonamides is 1. The van der Waals surface area contributed by atoms with Gasteiger partial charge in [-0.05, 0) is 50.7 Å². The third kappa shape index (κ3) is 4.05. The number of aliphatic hydroxyl groups excluding tert-OH is 1. The van der Waals surface area contributed by atoms with Crippen molar-refractivity contribution in [1.82, 2.24) is 4.31 Å². The summed E-state index contributed by atoms with van der Waals surface area (Å²) < 4.78 is 26.9. The molecule has 0 aliphatic heterocycles. The largest absolute Gasteiger partial charge is 0.393 e. The molecule has 1 saturated carbocycles. The van der Waals surface area contributed by atoms with Crippen LogP contribution in [0.3, 0.4) is 0 Å². The van der Waals surface area contributed by atoms with Gasteiger partial charge in [0.1, 0.15) is 0 Å². The normalized spacial score (nSPS) is 23.4. The SMILES string of the molecule is CCN(CC1CCC(O)CC1)S(=O)(=O)c1ccc(C)cc1. The minimum Gasteiger partial charge on any atom is -0.393 e. The van der Waals surface area contributed by atoms with Gasteiger partial charge in [-0.1, -0.05) is 24.6 Å². The number of rotatable bonds is 5. The van der Waals surface area contributed by atoms with E-state index in [9.17, 15) is 13.5 Å². The molecule has 0 amide bonds. The first kappa shape index (κ1) is 16.5. The minimum absolute atomic E-state index is 0.204. The summed E-state index contributed by atoms with van der Waals surface area (Å²) in [5.41, 5.74) is 1.05. The molecule has 2 rings (SSSR count). The van der Waals surface area contributed by atoms with Gasteiger partial charge in [0.15, 0.2) is 0 Å². The van der Waals surface area contributed by atoms with E-state index in [1.165, 1.54) is 0 Å². The number of aliphatic hydroxyl groups is 1. The summed E-state index contributed by atoms with van der Waals surface area (Å²) in [6.07, 6.45) is 3.17. The zero-order valence-electron chi connectivity index (χ0n) is 12.8. The summed E-state index contributed by atoms with van der Waals surface area (Å²) in [6.45, 7) is 4.86. The first-order valence-electron chi connectivity index (χ1n) is 7.68. The van der Waals surface area contributed by atoms with Crippen LogP contribution in [0.5, 0.6) is 0 Å². The van der Waals surface area contributed by atoms with E-state index in [0.29, 0.717) is 23.9 Å². The van der Waals surface area contributed by atoms with Crippen molar-refractivity contribution in [2.75, 3.05) is 13.1 Å². The maximum atomic E-state index is 12.7. The molecule has 1 aromatic rings. The molecule has 0 radical (unpaired) electrons. The van der Waals surface area contributed by atoms with Gasteiger partial charge in [-0.15, -0.1) is 0 Å². The van der Waals surface area contributed by atoms with Gasteiger partial charge < -0.3 is 5.11 Å². The fraction of sp³-hybridized carbons (Fsp3) is 0.625. The molecule has 0 saturated heterocycles. The van der Waals surface area contributed by atoms with Gasteiger partial charge in [-0.2, -0.15) is 4.31 Å². The smallest absolute Gasteiger partial charge is 0.243 e. The maximum absolute atomic E-state index is 12.7. The Hall–Kier alpha value is -0.910. The van der Waals surface area contributed by atoms with Crippen molar-refractivity contribution in [3.05, 3.63) is 29.8 Å². The Morgan fingerprint density at radius 3 is 2.24 bits per heavy atom. The Kier molecular flexibility index (Phi) is 5.41. The molecule has 4 nitrogen and oxygen atoms in total. The highest BCUT2D eigenvalue weighted by atomic mass is 32.2. The van der Waals surface area contributed by atoms with Crippen LogP contribution in [-0.4, -0.2) is 37.0 Å². The van der Waals surface area contributed by atoms with Gasteiger partial charge >= 0.3 is 0 Å². The van der Waals surface area contributed by atoms with E-state index in [1.54, 1.807) is 16.4 Å². The predicted octanol–water partition coefficient (Wildman–Crippen LogP) is 2.56. The van der Waals surface area contributed by atoms with Crippen molar-refractivity contribution in [3.63, 3.8) is 0 Å². The summed E-state index contributed by atoms with van der Waals surface area (Å²) in [6, 6.07) is 7.02. The average molecular weight is 311 g/mol. The summed E-state index contributed by atoms with van der Waals surface area (Å²) in [5, 5.41) is 9.55.